The summed E-state index contributed by atoms with van der Waals surface area (Å²) in [7, 11) is 0. The van der Waals surface area contributed by atoms with Gasteiger partial charge in [0.15, 0.2) is 6.61 Å². The Hall–Kier alpha value is -3.06. The Balaban J connectivity index is 0.944. The van der Waals surface area contributed by atoms with Gasteiger partial charge in [0.2, 0.25) is 11.2 Å². The standard InChI is InChI=1S/C45H57BrO6/c1-27(2)8-7-9-28(3)37-18-19-38-35-16-10-30-24-34(20-22-44(30,5)39(35)21-23-45(37,38)6)51-41(47)26-49-33-15-17-36-40(25-33)50-29(4)43(42(36)48)52-32-13-11-31(46)12-14-32/h10-15,17,25,27-28,34-35,37-39H,7-9,16,18-24,26H2,1-6H3/t28?,34?,35?,37?,38?,39?,44?,45-/m1/s1. The number of rotatable bonds is 11. The maximum absolute atomic E-state index is 13.3. The SMILES string of the molecule is Cc1oc2cc(OCC(=O)OC3CCC4(C)C(=CCC5C4CC[C@]4(C)C(C(C)CCCC(C)C)CCC54)C3)ccc2c(=O)c1Oc1ccc(Br)cc1. The van der Waals surface area contributed by atoms with E-state index < -0.39 is 0 Å². The molecule has 0 N–H and O–H groups in total. The molecule has 0 bridgehead atoms. The molecule has 2 aromatic carbocycles. The number of hydrogen-bond acceptors (Lipinski definition) is 6. The Bertz CT molecular complexity index is 1860. The van der Waals surface area contributed by atoms with Crippen LogP contribution in [0.2, 0.25) is 0 Å². The van der Waals surface area contributed by atoms with Gasteiger partial charge in [0.1, 0.15) is 28.9 Å². The summed E-state index contributed by atoms with van der Waals surface area (Å²) in [6, 6.07) is 12.2. The lowest BCUT2D eigenvalue weighted by Gasteiger charge is -2.58. The predicted octanol–water partition coefficient (Wildman–Crippen LogP) is 12.0. The highest BCUT2D eigenvalue weighted by Gasteiger charge is 2.59. The first-order valence-corrected chi connectivity index (χ1v) is 20.7. The normalized spacial score (nSPS) is 30.2. The molecule has 4 aliphatic rings. The third kappa shape index (κ3) is 7.24. The molecular formula is C45H57BrO6. The van der Waals surface area contributed by atoms with Crippen molar-refractivity contribution in [1.29, 1.82) is 0 Å². The molecule has 4 aliphatic carbocycles. The summed E-state index contributed by atoms with van der Waals surface area (Å²) in [6.45, 7) is 13.9. The minimum atomic E-state index is -0.369. The van der Waals surface area contributed by atoms with Crippen LogP contribution in [0.3, 0.4) is 0 Å². The fourth-order valence-electron chi connectivity index (χ4n) is 11.2. The first-order chi connectivity index (χ1) is 24.9. The number of benzene rings is 2. The van der Waals surface area contributed by atoms with Gasteiger partial charge in [-0.25, -0.2) is 4.79 Å². The molecule has 280 valence electrons. The second-order valence-corrected chi connectivity index (χ2v) is 18.4. The Labute approximate surface area is 318 Å². The number of fused-ring (bicyclic) bond motifs is 6. The van der Waals surface area contributed by atoms with Crippen molar-refractivity contribution in [3.8, 4) is 17.2 Å². The maximum atomic E-state index is 13.3. The van der Waals surface area contributed by atoms with Crippen LogP contribution in [0.1, 0.15) is 111 Å². The van der Waals surface area contributed by atoms with Crippen molar-refractivity contribution in [2.75, 3.05) is 6.61 Å². The lowest BCUT2D eigenvalue weighted by molar-refractivity contribution is -0.153. The van der Waals surface area contributed by atoms with Gasteiger partial charge in [-0.05, 0) is 135 Å². The molecule has 6 nitrogen and oxygen atoms in total. The summed E-state index contributed by atoms with van der Waals surface area (Å²) in [5, 5.41) is 0.378. The average molecular weight is 774 g/mol. The number of hydrogen-bond donors (Lipinski definition) is 0. The molecule has 3 aromatic rings. The summed E-state index contributed by atoms with van der Waals surface area (Å²) in [5.74, 6) is 5.98. The Kier molecular flexibility index (Phi) is 10.7. The number of carbonyl (C=O) groups is 1. The number of aryl methyl sites for hydroxylation is 1. The van der Waals surface area contributed by atoms with Crippen molar-refractivity contribution < 1.29 is 23.4 Å². The maximum Gasteiger partial charge on any atom is 0.344 e. The summed E-state index contributed by atoms with van der Waals surface area (Å²) in [6.07, 6.45) is 16.1. The van der Waals surface area contributed by atoms with E-state index in [-0.39, 0.29) is 35.3 Å². The average Bonchev–Trinajstić information content (AvgIpc) is 3.47. The van der Waals surface area contributed by atoms with Gasteiger partial charge in [0, 0.05) is 17.0 Å². The molecule has 8 atom stereocenters. The molecule has 0 radical (unpaired) electrons. The summed E-state index contributed by atoms with van der Waals surface area (Å²) in [4.78, 5) is 26.3. The molecule has 3 saturated carbocycles. The van der Waals surface area contributed by atoms with Gasteiger partial charge in [0.25, 0.3) is 0 Å². The minimum Gasteiger partial charge on any atom is -0.482 e. The van der Waals surface area contributed by atoms with E-state index in [0.29, 0.717) is 33.6 Å². The highest BCUT2D eigenvalue weighted by atomic mass is 79.9. The van der Waals surface area contributed by atoms with Crippen LogP contribution in [0, 0.1) is 53.3 Å². The van der Waals surface area contributed by atoms with Crippen molar-refractivity contribution in [3.63, 3.8) is 0 Å². The fourth-order valence-corrected chi connectivity index (χ4v) is 11.5. The first kappa shape index (κ1) is 37.3. The van der Waals surface area contributed by atoms with Crippen LogP contribution in [0.4, 0.5) is 0 Å². The van der Waals surface area contributed by atoms with Gasteiger partial charge in [-0.15, -0.1) is 0 Å². The minimum absolute atomic E-state index is 0.121. The van der Waals surface area contributed by atoms with Crippen LogP contribution >= 0.6 is 15.9 Å². The number of halogens is 1. The highest BCUT2D eigenvalue weighted by Crippen LogP contribution is 2.67. The Morgan fingerprint density at radius 2 is 1.73 bits per heavy atom. The Morgan fingerprint density at radius 1 is 0.962 bits per heavy atom. The van der Waals surface area contributed by atoms with Crippen LogP contribution in [-0.2, 0) is 9.53 Å². The molecule has 0 aliphatic heterocycles. The van der Waals surface area contributed by atoms with Gasteiger partial charge in [-0.3, -0.25) is 4.79 Å². The number of esters is 1. The quantitative estimate of drug-likeness (QED) is 0.143. The topological polar surface area (TPSA) is 75.0 Å². The van der Waals surface area contributed by atoms with Crippen molar-refractivity contribution in [2.24, 2.45) is 46.3 Å². The van der Waals surface area contributed by atoms with Crippen LogP contribution in [-0.4, -0.2) is 18.7 Å². The van der Waals surface area contributed by atoms with Crippen molar-refractivity contribution in [1.82, 2.24) is 0 Å². The van der Waals surface area contributed by atoms with E-state index in [4.69, 9.17) is 18.6 Å². The molecular weight excluding hydrogens is 716 g/mol. The number of allylic oxidation sites excluding steroid dienone is 1. The first-order valence-electron chi connectivity index (χ1n) is 19.9. The van der Waals surface area contributed by atoms with E-state index in [2.05, 4.69) is 56.6 Å². The highest BCUT2D eigenvalue weighted by molar-refractivity contribution is 9.10. The zero-order chi connectivity index (χ0) is 36.8. The molecule has 7 heteroatoms. The molecule has 7 unspecified atom stereocenters. The van der Waals surface area contributed by atoms with E-state index in [1.54, 1.807) is 37.3 Å². The second kappa shape index (κ2) is 15.0. The molecule has 0 spiro atoms. The zero-order valence-electron chi connectivity index (χ0n) is 32.0. The van der Waals surface area contributed by atoms with Crippen molar-refractivity contribution in [2.45, 2.75) is 118 Å². The molecule has 3 fully saturated rings. The van der Waals surface area contributed by atoms with Crippen molar-refractivity contribution >= 4 is 32.9 Å². The van der Waals surface area contributed by atoms with Crippen LogP contribution in [0.5, 0.6) is 17.2 Å². The van der Waals surface area contributed by atoms with Crippen LogP contribution in [0.15, 0.2) is 67.8 Å². The van der Waals surface area contributed by atoms with Gasteiger partial charge < -0.3 is 18.6 Å². The zero-order valence-corrected chi connectivity index (χ0v) is 33.6. The van der Waals surface area contributed by atoms with E-state index in [9.17, 15) is 9.59 Å². The lowest BCUT2D eigenvalue weighted by Crippen LogP contribution is -2.51. The summed E-state index contributed by atoms with van der Waals surface area (Å²) < 4.78 is 24.6. The molecule has 0 amide bonds. The lowest BCUT2D eigenvalue weighted by atomic mass is 9.47. The largest absolute Gasteiger partial charge is 0.482 e. The van der Waals surface area contributed by atoms with Crippen LogP contribution < -0.4 is 14.9 Å². The van der Waals surface area contributed by atoms with Gasteiger partial charge in [0.05, 0.1) is 5.39 Å². The summed E-state index contributed by atoms with van der Waals surface area (Å²) in [5.41, 5.74) is 2.32. The van der Waals surface area contributed by atoms with Gasteiger partial charge in [-0.1, -0.05) is 81.5 Å². The Morgan fingerprint density at radius 3 is 2.50 bits per heavy atom. The monoisotopic (exact) mass is 772 g/mol. The molecule has 1 heterocycles. The van der Waals surface area contributed by atoms with Crippen LogP contribution in [0.25, 0.3) is 11.0 Å². The number of carbonyl (C=O) groups excluding carboxylic acids is 1. The predicted molar refractivity (Wildman–Crippen MR) is 210 cm³/mol. The molecule has 52 heavy (non-hydrogen) atoms. The van der Waals surface area contributed by atoms with E-state index in [1.165, 1.54) is 56.9 Å². The smallest absolute Gasteiger partial charge is 0.344 e. The van der Waals surface area contributed by atoms with Gasteiger partial charge >= 0.3 is 5.97 Å². The summed E-state index contributed by atoms with van der Waals surface area (Å²) >= 11 is 3.41. The third-order valence-electron chi connectivity index (χ3n) is 13.9. The van der Waals surface area contributed by atoms with E-state index >= 15 is 0 Å². The van der Waals surface area contributed by atoms with Crippen molar-refractivity contribution in [3.05, 3.63) is 74.6 Å². The van der Waals surface area contributed by atoms with E-state index in [1.807, 2.05) is 12.1 Å². The fraction of sp³-hybridized carbons (Fsp3) is 0.600. The van der Waals surface area contributed by atoms with Gasteiger partial charge in [-0.2, -0.15) is 0 Å². The third-order valence-corrected chi connectivity index (χ3v) is 14.5. The molecule has 1 aromatic heterocycles. The second-order valence-electron chi connectivity index (χ2n) is 17.5. The number of ether oxygens (including phenoxy) is 3. The van der Waals surface area contributed by atoms with E-state index in [0.717, 1.165) is 59.2 Å². The molecule has 0 saturated heterocycles. The molecule has 7 rings (SSSR count).